The first-order valence-corrected chi connectivity index (χ1v) is 8.34. The van der Waals surface area contributed by atoms with Gasteiger partial charge in [0.15, 0.2) is 0 Å². The second-order valence-corrected chi connectivity index (χ2v) is 5.56. The Labute approximate surface area is 128 Å². The highest BCUT2D eigenvalue weighted by atomic mass is 16.5. The number of rotatable bonds is 9. The topological polar surface area (TPSA) is 58.6 Å². The van der Waals surface area contributed by atoms with Gasteiger partial charge in [0, 0.05) is 19.0 Å². The lowest BCUT2D eigenvalue weighted by Crippen LogP contribution is -2.45. The number of amides is 1. The van der Waals surface area contributed by atoms with Gasteiger partial charge in [-0.2, -0.15) is 0 Å². The number of hydrogen-bond donors (Lipinski definition) is 1. The highest BCUT2D eigenvalue weighted by Gasteiger charge is 2.23. The first kappa shape index (κ1) is 18.0. The van der Waals surface area contributed by atoms with Gasteiger partial charge < -0.3 is 15.0 Å². The summed E-state index contributed by atoms with van der Waals surface area (Å²) in [6.07, 6.45) is 7.18. The van der Waals surface area contributed by atoms with Crippen molar-refractivity contribution in [3.8, 4) is 0 Å². The van der Waals surface area contributed by atoms with Crippen LogP contribution in [0.5, 0.6) is 0 Å². The maximum atomic E-state index is 12.2. The molecular formula is C16H30N2O3. The smallest absolute Gasteiger partial charge is 0.305 e. The van der Waals surface area contributed by atoms with E-state index < -0.39 is 0 Å². The molecule has 1 saturated carbocycles. The predicted octanol–water partition coefficient (Wildman–Crippen LogP) is 2.10. The van der Waals surface area contributed by atoms with E-state index in [0.29, 0.717) is 38.6 Å². The predicted molar refractivity (Wildman–Crippen MR) is 83.0 cm³/mol. The van der Waals surface area contributed by atoms with E-state index in [9.17, 15) is 9.59 Å². The summed E-state index contributed by atoms with van der Waals surface area (Å²) in [7, 11) is 0. The van der Waals surface area contributed by atoms with E-state index >= 15 is 0 Å². The minimum absolute atomic E-state index is 0.164. The molecule has 1 fully saturated rings. The van der Waals surface area contributed by atoms with Crippen molar-refractivity contribution >= 4 is 11.9 Å². The molecule has 1 rings (SSSR count). The van der Waals surface area contributed by atoms with Gasteiger partial charge in [-0.1, -0.05) is 19.3 Å². The van der Waals surface area contributed by atoms with Crippen LogP contribution in [0.2, 0.25) is 0 Å². The average Bonchev–Trinajstić information content (AvgIpc) is 2.49. The molecule has 0 bridgehead atoms. The molecule has 0 aromatic carbocycles. The van der Waals surface area contributed by atoms with Gasteiger partial charge in [-0.15, -0.1) is 0 Å². The summed E-state index contributed by atoms with van der Waals surface area (Å²) in [5, 5.41) is 3.14. The quantitative estimate of drug-likeness (QED) is 0.523. The Balaban J connectivity index is 2.17. The van der Waals surface area contributed by atoms with E-state index in [1.165, 1.54) is 19.3 Å². The van der Waals surface area contributed by atoms with Crippen LogP contribution in [0.15, 0.2) is 0 Å². The van der Waals surface area contributed by atoms with Crippen molar-refractivity contribution in [3.05, 3.63) is 0 Å². The SMILES string of the molecule is CCOC(=O)CCCNCC(=O)N(CC)C1CCCCC1. The number of likely N-dealkylation sites (N-methyl/N-ethyl adjacent to an activating group) is 1. The fourth-order valence-electron chi connectivity index (χ4n) is 2.92. The Morgan fingerprint density at radius 3 is 2.52 bits per heavy atom. The molecule has 0 saturated heterocycles. The molecule has 0 spiro atoms. The van der Waals surface area contributed by atoms with E-state index in [1.54, 1.807) is 6.92 Å². The van der Waals surface area contributed by atoms with Crippen LogP contribution in [0, 0.1) is 0 Å². The van der Waals surface area contributed by atoms with Crippen LogP contribution in [0.25, 0.3) is 0 Å². The van der Waals surface area contributed by atoms with Gasteiger partial charge in [-0.25, -0.2) is 0 Å². The fourth-order valence-corrected chi connectivity index (χ4v) is 2.92. The highest BCUT2D eigenvalue weighted by molar-refractivity contribution is 5.78. The Morgan fingerprint density at radius 1 is 1.19 bits per heavy atom. The monoisotopic (exact) mass is 298 g/mol. The lowest BCUT2D eigenvalue weighted by atomic mass is 9.94. The first-order valence-electron chi connectivity index (χ1n) is 8.34. The van der Waals surface area contributed by atoms with Crippen molar-refractivity contribution < 1.29 is 14.3 Å². The minimum atomic E-state index is -0.164. The van der Waals surface area contributed by atoms with E-state index in [1.807, 2.05) is 11.8 Å². The lowest BCUT2D eigenvalue weighted by Gasteiger charge is -2.33. The van der Waals surface area contributed by atoms with Crippen molar-refractivity contribution in [2.45, 2.75) is 64.8 Å². The van der Waals surface area contributed by atoms with Crippen LogP contribution in [0.4, 0.5) is 0 Å². The van der Waals surface area contributed by atoms with Crippen molar-refractivity contribution in [2.24, 2.45) is 0 Å². The zero-order valence-corrected chi connectivity index (χ0v) is 13.5. The molecule has 5 nitrogen and oxygen atoms in total. The molecule has 0 aromatic heterocycles. The second-order valence-electron chi connectivity index (χ2n) is 5.56. The molecule has 0 aliphatic heterocycles. The molecule has 1 aliphatic carbocycles. The molecule has 1 N–H and O–H groups in total. The average molecular weight is 298 g/mol. The largest absolute Gasteiger partial charge is 0.466 e. The molecule has 0 aromatic rings. The van der Waals surface area contributed by atoms with Crippen molar-refractivity contribution in [2.75, 3.05) is 26.2 Å². The maximum Gasteiger partial charge on any atom is 0.305 e. The second kappa shape index (κ2) is 10.6. The molecule has 21 heavy (non-hydrogen) atoms. The molecule has 1 amide bonds. The number of carbonyl (C=O) groups excluding carboxylic acids is 2. The third-order valence-electron chi connectivity index (χ3n) is 3.99. The van der Waals surface area contributed by atoms with Crippen molar-refractivity contribution in [1.29, 1.82) is 0 Å². The molecule has 0 heterocycles. The van der Waals surface area contributed by atoms with Gasteiger partial charge in [0.25, 0.3) is 0 Å². The molecule has 0 unspecified atom stereocenters. The number of ether oxygens (including phenoxy) is 1. The van der Waals surface area contributed by atoms with Gasteiger partial charge in [0.05, 0.1) is 13.2 Å². The van der Waals surface area contributed by atoms with Crippen LogP contribution in [-0.2, 0) is 14.3 Å². The summed E-state index contributed by atoms with van der Waals surface area (Å²) < 4.78 is 4.86. The standard InChI is InChI=1S/C16H30N2O3/c1-3-18(14-9-6-5-7-10-14)15(19)13-17-12-8-11-16(20)21-4-2/h14,17H,3-13H2,1-2H3. The van der Waals surface area contributed by atoms with E-state index in [4.69, 9.17) is 4.74 Å². The Morgan fingerprint density at radius 2 is 1.90 bits per heavy atom. The van der Waals surface area contributed by atoms with E-state index in [0.717, 1.165) is 19.4 Å². The number of carbonyl (C=O) groups is 2. The van der Waals surface area contributed by atoms with Gasteiger partial charge in [-0.3, -0.25) is 9.59 Å². The summed E-state index contributed by atoms with van der Waals surface area (Å²) in [6.45, 7) is 6.11. The Bertz CT molecular complexity index is 315. The van der Waals surface area contributed by atoms with Crippen molar-refractivity contribution in [3.63, 3.8) is 0 Å². The zero-order chi connectivity index (χ0) is 15.5. The summed E-state index contributed by atoms with van der Waals surface area (Å²) >= 11 is 0. The normalized spacial score (nSPS) is 15.7. The third-order valence-corrected chi connectivity index (χ3v) is 3.99. The van der Waals surface area contributed by atoms with E-state index in [2.05, 4.69) is 5.32 Å². The fraction of sp³-hybridized carbons (Fsp3) is 0.875. The first-order chi connectivity index (χ1) is 10.2. The summed E-state index contributed by atoms with van der Waals surface area (Å²) in [5.74, 6) is 0.0172. The van der Waals surface area contributed by atoms with Gasteiger partial charge in [-0.05, 0) is 39.7 Å². The molecule has 0 atom stereocenters. The van der Waals surface area contributed by atoms with Crippen LogP contribution in [0.3, 0.4) is 0 Å². The van der Waals surface area contributed by atoms with Crippen LogP contribution in [-0.4, -0.2) is 49.1 Å². The number of hydrogen-bond acceptors (Lipinski definition) is 4. The zero-order valence-electron chi connectivity index (χ0n) is 13.5. The van der Waals surface area contributed by atoms with Crippen LogP contribution in [0.1, 0.15) is 58.8 Å². The number of esters is 1. The third kappa shape index (κ3) is 6.93. The Kier molecular flexibility index (Phi) is 9.06. The molecular weight excluding hydrogens is 268 g/mol. The summed E-state index contributed by atoms with van der Waals surface area (Å²) in [4.78, 5) is 25.4. The van der Waals surface area contributed by atoms with Crippen LogP contribution >= 0.6 is 0 Å². The Hall–Kier alpha value is -1.10. The maximum absolute atomic E-state index is 12.2. The summed E-state index contributed by atoms with van der Waals surface area (Å²) in [6, 6.07) is 0.428. The highest BCUT2D eigenvalue weighted by Crippen LogP contribution is 2.22. The van der Waals surface area contributed by atoms with Gasteiger partial charge in [0.1, 0.15) is 0 Å². The molecule has 122 valence electrons. The van der Waals surface area contributed by atoms with Crippen LogP contribution < -0.4 is 5.32 Å². The molecule has 0 radical (unpaired) electrons. The number of nitrogens with zero attached hydrogens (tertiary/aromatic N) is 1. The molecule has 1 aliphatic rings. The number of nitrogens with one attached hydrogen (secondary N) is 1. The molecule has 5 heteroatoms. The lowest BCUT2D eigenvalue weighted by molar-refractivity contribution is -0.143. The van der Waals surface area contributed by atoms with Gasteiger partial charge >= 0.3 is 5.97 Å². The minimum Gasteiger partial charge on any atom is -0.466 e. The summed E-state index contributed by atoms with van der Waals surface area (Å²) in [5.41, 5.74) is 0. The van der Waals surface area contributed by atoms with Crippen molar-refractivity contribution in [1.82, 2.24) is 10.2 Å². The van der Waals surface area contributed by atoms with Gasteiger partial charge in [0.2, 0.25) is 5.91 Å². The van der Waals surface area contributed by atoms with E-state index in [-0.39, 0.29) is 11.9 Å².